The lowest BCUT2D eigenvalue weighted by atomic mass is 9.96. The minimum Gasteiger partial charge on any atom is -0.497 e. The van der Waals surface area contributed by atoms with Crippen LogP contribution in [-0.2, 0) is 16.1 Å². The molecule has 1 aliphatic heterocycles. The first kappa shape index (κ1) is 17.6. The second kappa shape index (κ2) is 6.98. The molecule has 4 nitrogen and oxygen atoms in total. The lowest BCUT2D eigenvalue weighted by Crippen LogP contribution is -2.71. The van der Waals surface area contributed by atoms with E-state index in [0.717, 1.165) is 10.5 Å². The van der Waals surface area contributed by atoms with E-state index in [0.29, 0.717) is 11.4 Å². The normalized spacial score (nSPS) is 20.3. The molecular weight excluding hydrogens is 352 g/mol. The van der Waals surface area contributed by atoms with Crippen molar-refractivity contribution in [1.82, 2.24) is 0 Å². The average molecular weight is 368 g/mol. The number of carbonyl (C=O) groups excluding carboxylic acids is 1. The zero-order valence-electron chi connectivity index (χ0n) is 13.4. The van der Waals surface area contributed by atoms with Gasteiger partial charge in [0.1, 0.15) is 5.75 Å². The smallest absolute Gasteiger partial charge is 0.345 e. The Labute approximate surface area is 148 Å². The van der Waals surface area contributed by atoms with Gasteiger partial charge in [-0.3, -0.25) is 9.69 Å². The molecule has 2 aromatic rings. The SMILES string of the molecule is COc1ccc(N2C(=O)[C@H](OCc3ccccc3)[C@@H]2C(F)(F)Cl)cc1. The van der Waals surface area contributed by atoms with Gasteiger partial charge in [0.05, 0.1) is 13.7 Å². The minimum atomic E-state index is -3.62. The Hall–Kier alpha value is -2.18. The van der Waals surface area contributed by atoms with Crippen LogP contribution in [0.5, 0.6) is 5.75 Å². The quantitative estimate of drug-likeness (QED) is 0.575. The van der Waals surface area contributed by atoms with Gasteiger partial charge in [-0.1, -0.05) is 30.3 Å². The molecule has 0 unspecified atom stereocenters. The van der Waals surface area contributed by atoms with Gasteiger partial charge in [0.25, 0.3) is 5.91 Å². The van der Waals surface area contributed by atoms with Gasteiger partial charge in [0.2, 0.25) is 0 Å². The molecule has 1 saturated heterocycles. The fraction of sp³-hybridized carbons (Fsp3) is 0.278. The number of amides is 1. The summed E-state index contributed by atoms with van der Waals surface area (Å²) in [6.45, 7) is 0.0527. The van der Waals surface area contributed by atoms with Crippen molar-refractivity contribution >= 4 is 23.2 Å². The first-order valence-electron chi connectivity index (χ1n) is 7.61. The third-order valence-electron chi connectivity index (χ3n) is 4.00. The molecule has 7 heteroatoms. The van der Waals surface area contributed by atoms with E-state index >= 15 is 0 Å². The van der Waals surface area contributed by atoms with Crippen LogP contribution >= 0.6 is 11.6 Å². The predicted molar refractivity (Wildman–Crippen MR) is 90.1 cm³/mol. The van der Waals surface area contributed by atoms with Crippen LogP contribution in [-0.4, -0.2) is 30.5 Å². The molecule has 1 aliphatic rings. The minimum absolute atomic E-state index is 0.0527. The molecule has 0 saturated carbocycles. The summed E-state index contributed by atoms with van der Waals surface area (Å²) >= 11 is 5.25. The average Bonchev–Trinajstić information content (AvgIpc) is 2.60. The highest BCUT2D eigenvalue weighted by Crippen LogP contribution is 2.41. The third-order valence-corrected chi connectivity index (χ3v) is 4.23. The van der Waals surface area contributed by atoms with Crippen molar-refractivity contribution in [1.29, 1.82) is 0 Å². The predicted octanol–water partition coefficient (Wildman–Crippen LogP) is 3.83. The number of alkyl halides is 3. The number of hydrogen-bond donors (Lipinski definition) is 0. The number of anilines is 1. The molecule has 1 heterocycles. The van der Waals surface area contributed by atoms with Crippen LogP contribution in [0.15, 0.2) is 54.6 Å². The third kappa shape index (κ3) is 3.60. The molecule has 0 aliphatic carbocycles. The summed E-state index contributed by atoms with van der Waals surface area (Å²) in [7, 11) is 1.49. The standard InChI is InChI=1S/C18H16ClF2NO3/c1-24-14-9-7-13(8-10-14)22-16(18(19,20)21)15(17(22)23)25-11-12-5-3-2-4-6-12/h2-10,15-16H,11H2,1H3/t15-,16-/m1/s1. The first-order valence-corrected chi connectivity index (χ1v) is 7.99. The van der Waals surface area contributed by atoms with Gasteiger partial charge in [-0.05, 0) is 41.4 Å². The van der Waals surface area contributed by atoms with E-state index in [2.05, 4.69) is 0 Å². The van der Waals surface area contributed by atoms with Gasteiger partial charge in [0, 0.05) is 5.69 Å². The zero-order chi connectivity index (χ0) is 18.0. The summed E-state index contributed by atoms with van der Waals surface area (Å²) in [6, 6.07) is 13.7. The van der Waals surface area contributed by atoms with Crippen molar-refractivity contribution in [2.24, 2.45) is 0 Å². The van der Waals surface area contributed by atoms with Crippen LogP contribution < -0.4 is 9.64 Å². The van der Waals surface area contributed by atoms with E-state index in [4.69, 9.17) is 21.1 Å². The summed E-state index contributed by atoms with van der Waals surface area (Å²) in [5.41, 5.74) is 1.10. The van der Waals surface area contributed by atoms with Crippen molar-refractivity contribution in [2.75, 3.05) is 12.0 Å². The fourth-order valence-corrected chi connectivity index (χ4v) is 2.95. The molecule has 25 heavy (non-hydrogen) atoms. The van der Waals surface area contributed by atoms with Gasteiger partial charge in [-0.15, -0.1) is 0 Å². The number of carbonyl (C=O) groups is 1. The molecule has 1 amide bonds. The van der Waals surface area contributed by atoms with E-state index in [9.17, 15) is 13.6 Å². The maximum absolute atomic E-state index is 13.9. The molecule has 0 bridgehead atoms. The maximum atomic E-state index is 13.9. The second-order valence-corrected chi connectivity index (χ2v) is 6.11. The number of methoxy groups -OCH3 is 1. The highest BCUT2D eigenvalue weighted by molar-refractivity contribution is 6.24. The fourth-order valence-electron chi connectivity index (χ4n) is 2.73. The van der Waals surface area contributed by atoms with Crippen molar-refractivity contribution in [3.8, 4) is 5.75 Å². The molecule has 2 aromatic carbocycles. The number of β-lactam (4-membered cyclic amide) rings is 1. The van der Waals surface area contributed by atoms with E-state index < -0.39 is 23.4 Å². The van der Waals surface area contributed by atoms with Crippen molar-refractivity contribution < 1.29 is 23.0 Å². The lowest BCUT2D eigenvalue weighted by Gasteiger charge is -2.47. The monoisotopic (exact) mass is 367 g/mol. The molecule has 0 spiro atoms. The van der Waals surface area contributed by atoms with E-state index in [-0.39, 0.29) is 6.61 Å². The summed E-state index contributed by atoms with van der Waals surface area (Å²) in [4.78, 5) is 13.3. The van der Waals surface area contributed by atoms with E-state index in [1.165, 1.54) is 19.2 Å². The molecular formula is C18H16ClF2NO3. The summed E-state index contributed by atoms with van der Waals surface area (Å²) in [6.07, 6.45) is -1.30. The Bertz CT molecular complexity index is 734. The number of rotatable bonds is 6. The van der Waals surface area contributed by atoms with Gasteiger partial charge >= 0.3 is 5.38 Å². The van der Waals surface area contributed by atoms with Crippen LogP contribution in [0.25, 0.3) is 0 Å². The summed E-state index contributed by atoms with van der Waals surface area (Å²) in [5, 5.41) is -3.62. The largest absolute Gasteiger partial charge is 0.497 e. The number of ether oxygens (including phenoxy) is 2. The number of nitrogens with zero attached hydrogens (tertiary/aromatic N) is 1. The van der Waals surface area contributed by atoms with Gasteiger partial charge < -0.3 is 9.47 Å². The zero-order valence-corrected chi connectivity index (χ0v) is 14.1. The van der Waals surface area contributed by atoms with Crippen LogP contribution in [0.2, 0.25) is 0 Å². The molecule has 0 aromatic heterocycles. The Morgan fingerprint density at radius 1 is 1.12 bits per heavy atom. The molecule has 0 N–H and O–H groups in total. The van der Waals surface area contributed by atoms with Gasteiger partial charge in [-0.25, -0.2) is 0 Å². The number of hydrogen-bond acceptors (Lipinski definition) is 3. The number of benzene rings is 2. The van der Waals surface area contributed by atoms with Crippen molar-refractivity contribution in [2.45, 2.75) is 24.1 Å². The topological polar surface area (TPSA) is 38.8 Å². The van der Waals surface area contributed by atoms with Crippen LogP contribution in [0.4, 0.5) is 14.5 Å². The highest BCUT2D eigenvalue weighted by atomic mass is 35.5. The molecule has 132 valence electrons. The van der Waals surface area contributed by atoms with Crippen molar-refractivity contribution in [3.05, 3.63) is 60.2 Å². The summed E-state index contributed by atoms with van der Waals surface area (Å²) in [5.74, 6) is 0.00852. The Morgan fingerprint density at radius 3 is 2.32 bits per heavy atom. The highest BCUT2D eigenvalue weighted by Gasteiger charge is 2.60. The van der Waals surface area contributed by atoms with Crippen LogP contribution in [0.3, 0.4) is 0 Å². The van der Waals surface area contributed by atoms with E-state index in [1.54, 1.807) is 36.4 Å². The summed E-state index contributed by atoms with van der Waals surface area (Å²) < 4.78 is 38.2. The van der Waals surface area contributed by atoms with Crippen LogP contribution in [0, 0.1) is 0 Å². The maximum Gasteiger partial charge on any atom is 0.345 e. The molecule has 0 radical (unpaired) electrons. The van der Waals surface area contributed by atoms with Crippen LogP contribution in [0.1, 0.15) is 5.56 Å². The van der Waals surface area contributed by atoms with Crippen molar-refractivity contribution in [3.63, 3.8) is 0 Å². The molecule has 2 atom stereocenters. The Morgan fingerprint density at radius 2 is 1.76 bits per heavy atom. The first-order chi connectivity index (χ1) is 11.9. The number of halogens is 3. The van der Waals surface area contributed by atoms with E-state index in [1.807, 2.05) is 6.07 Å². The second-order valence-electron chi connectivity index (χ2n) is 5.61. The lowest BCUT2D eigenvalue weighted by molar-refractivity contribution is -0.153. The Kier molecular flexibility index (Phi) is 4.92. The Balaban J connectivity index is 1.77. The van der Waals surface area contributed by atoms with Gasteiger partial charge in [0.15, 0.2) is 12.1 Å². The van der Waals surface area contributed by atoms with Gasteiger partial charge in [-0.2, -0.15) is 8.78 Å². The molecule has 3 rings (SSSR count). The molecule has 1 fully saturated rings.